The molecule has 5 heteroatoms. The third-order valence-corrected chi connectivity index (χ3v) is 3.69. The van der Waals surface area contributed by atoms with E-state index < -0.39 is 0 Å². The van der Waals surface area contributed by atoms with Gasteiger partial charge in [-0.2, -0.15) is 0 Å². The molecule has 1 heterocycles. The second kappa shape index (κ2) is 8.70. The molecular formula is C18H25FN2O2. The van der Waals surface area contributed by atoms with Gasteiger partial charge < -0.3 is 14.1 Å². The van der Waals surface area contributed by atoms with E-state index in [0.29, 0.717) is 24.4 Å². The zero-order valence-corrected chi connectivity index (χ0v) is 14.1. The van der Waals surface area contributed by atoms with E-state index in [4.69, 9.17) is 9.15 Å². The summed E-state index contributed by atoms with van der Waals surface area (Å²) in [7, 11) is 5.70. The summed E-state index contributed by atoms with van der Waals surface area (Å²) in [5.74, 6) is 1.36. The second-order valence-corrected chi connectivity index (χ2v) is 5.90. The van der Waals surface area contributed by atoms with Crippen LogP contribution in [0.3, 0.4) is 0 Å². The Morgan fingerprint density at radius 1 is 1.13 bits per heavy atom. The Balaban J connectivity index is 2.06. The van der Waals surface area contributed by atoms with Gasteiger partial charge in [-0.15, -0.1) is 0 Å². The van der Waals surface area contributed by atoms with Crippen LogP contribution < -0.4 is 4.74 Å². The van der Waals surface area contributed by atoms with Crippen molar-refractivity contribution in [1.82, 2.24) is 9.80 Å². The summed E-state index contributed by atoms with van der Waals surface area (Å²) in [6.45, 7) is 3.05. The molecule has 0 bridgehead atoms. The van der Waals surface area contributed by atoms with Gasteiger partial charge >= 0.3 is 0 Å². The zero-order valence-electron chi connectivity index (χ0n) is 14.1. The monoisotopic (exact) mass is 320 g/mol. The number of furan rings is 1. The van der Waals surface area contributed by atoms with Crippen molar-refractivity contribution < 1.29 is 13.5 Å². The topological polar surface area (TPSA) is 28.9 Å². The summed E-state index contributed by atoms with van der Waals surface area (Å²) in [5, 5.41) is 0. The lowest BCUT2D eigenvalue weighted by molar-refractivity contribution is 0.219. The van der Waals surface area contributed by atoms with E-state index in [1.807, 2.05) is 12.1 Å². The molecule has 0 radical (unpaired) electrons. The molecule has 126 valence electrons. The van der Waals surface area contributed by atoms with Crippen molar-refractivity contribution in [3.63, 3.8) is 0 Å². The first-order valence-electron chi connectivity index (χ1n) is 7.80. The fourth-order valence-electron chi connectivity index (χ4n) is 2.49. The van der Waals surface area contributed by atoms with Crippen LogP contribution in [0, 0.1) is 5.82 Å². The third-order valence-electron chi connectivity index (χ3n) is 3.69. The maximum atomic E-state index is 14.1. The first kappa shape index (κ1) is 17.5. The van der Waals surface area contributed by atoms with E-state index in [9.17, 15) is 4.39 Å². The highest BCUT2D eigenvalue weighted by Crippen LogP contribution is 2.19. The molecule has 2 aromatic rings. The molecule has 23 heavy (non-hydrogen) atoms. The molecule has 4 nitrogen and oxygen atoms in total. The lowest BCUT2D eigenvalue weighted by Gasteiger charge is -2.22. The lowest BCUT2D eigenvalue weighted by atomic mass is 10.1. The van der Waals surface area contributed by atoms with Gasteiger partial charge in [-0.05, 0) is 57.4 Å². The van der Waals surface area contributed by atoms with Crippen LogP contribution in [0.5, 0.6) is 5.75 Å². The number of hydrogen-bond acceptors (Lipinski definition) is 4. The van der Waals surface area contributed by atoms with Gasteiger partial charge in [-0.25, -0.2) is 4.39 Å². The molecule has 0 amide bonds. The van der Waals surface area contributed by atoms with Gasteiger partial charge in [0.2, 0.25) is 0 Å². The Bertz CT molecular complexity index is 585. The molecule has 0 aliphatic rings. The minimum atomic E-state index is -0.206. The van der Waals surface area contributed by atoms with Gasteiger partial charge in [-0.3, -0.25) is 4.90 Å². The van der Waals surface area contributed by atoms with Crippen LogP contribution in [0.1, 0.15) is 17.7 Å². The van der Waals surface area contributed by atoms with E-state index in [1.165, 1.54) is 6.07 Å². The van der Waals surface area contributed by atoms with Gasteiger partial charge in [0, 0.05) is 18.7 Å². The minimum Gasteiger partial charge on any atom is -0.497 e. The molecule has 0 aliphatic heterocycles. The van der Waals surface area contributed by atoms with Crippen molar-refractivity contribution >= 4 is 0 Å². The average molecular weight is 320 g/mol. The van der Waals surface area contributed by atoms with Crippen molar-refractivity contribution in [2.24, 2.45) is 0 Å². The highest BCUT2D eigenvalue weighted by Gasteiger charge is 2.12. The summed E-state index contributed by atoms with van der Waals surface area (Å²) >= 11 is 0. The number of nitrogens with zero attached hydrogens (tertiary/aromatic N) is 2. The fourth-order valence-corrected chi connectivity index (χ4v) is 2.49. The first-order chi connectivity index (χ1) is 11.1. The summed E-state index contributed by atoms with van der Waals surface area (Å²) in [5.41, 5.74) is 0.640. The van der Waals surface area contributed by atoms with Crippen LogP contribution in [-0.4, -0.2) is 44.1 Å². The highest BCUT2D eigenvalue weighted by atomic mass is 19.1. The maximum Gasteiger partial charge on any atom is 0.127 e. The second-order valence-electron chi connectivity index (χ2n) is 5.90. The number of hydrogen-bond donors (Lipinski definition) is 0. The molecule has 0 atom stereocenters. The Labute approximate surface area is 137 Å². The summed E-state index contributed by atoms with van der Waals surface area (Å²) in [6.07, 6.45) is 2.68. The predicted molar refractivity (Wildman–Crippen MR) is 88.9 cm³/mol. The molecule has 1 aromatic heterocycles. The largest absolute Gasteiger partial charge is 0.497 e. The Morgan fingerprint density at radius 3 is 2.61 bits per heavy atom. The molecule has 0 saturated heterocycles. The van der Waals surface area contributed by atoms with Gasteiger partial charge in [0.05, 0.1) is 19.9 Å². The first-order valence-corrected chi connectivity index (χ1v) is 7.80. The smallest absolute Gasteiger partial charge is 0.127 e. The normalized spacial score (nSPS) is 11.4. The highest BCUT2D eigenvalue weighted by molar-refractivity contribution is 5.29. The number of rotatable bonds is 9. The van der Waals surface area contributed by atoms with Crippen LogP contribution in [-0.2, 0) is 13.1 Å². The molecule has 0 fully saturated rings. The predicted octanol–water partition coefficient (Wildman–Crippen LogP) is 3.38. The molecule has 0 spiro atoms. The molecule has 0 N–H and O–H groups in total. The van der Waals surface area contributed by atoms with E-state index in [2.05, 4.69) is 23.9 Å². The van der Waals surface area contributed by atoms with Crippen LogP contribution in [0.4, 0.5) is 4.39 Å². The fraction of sp³-hybridized carbons (Fsp3) is 0.444. The standard InChI is InChI=1S/C18H25FN2O2/c1-20(2)9-5-10-21(14-17-6-4-11-23-17)13-15-12-16(22-3)7-8-18(15)19/h4,6-8,11-12H,5,9-10,13-14H2,1-3H3. The van der Waals surface area contributed by atoms with Gasteiger partial charge in [0.25, 0.3) is 0 Å². The van der Waals surface area contributed by atoms with E-state index in [1.54, 1.807) is 25.5 Å². The van der Waals surface area contributed by atoms with Crippen LogP contribution >= 0.6 is 0 Å². The molecular weight excluding hydrogens is 295 g/mol. The van der Waals surface area contributed by atoms with Crippen molar-refractivity contribution in [2.75, 3.05) is 34.3 Å². The van der Waals surface area contributed by atoms with Crippen LogP contribution in [0.25, 0.3) is 0 Å². The molecule has 0 unspecified atom stereocenters. The van der Waals surface area contributed by atoms with Crippen molar-refractivity contribution in [2.45, 2.75) is 19.5 Å². The Kier molecular flexibility index (Phi) is 6.62. The average Bonchev–Trinajstić information content (AvgIpc) is 3.02. The number of methoxy groups -OCH3 is 1. The van der Waals surface area contributed by atoms with Gasteiger partial charge in [0.1, 0.15) is 17.3 Å². The lowest BCUT2D eigenvalue weighted by Crippen LogP contribution is -2.27. The van der Waals surface area contributed by atoms with Crippen LogP contribution in [0.15, 0.2) is 41.0 Å². The Hall–Kier alpha value is -1.85. The van der Waals surface area contributed by atoms with E-state index >= 15 is 0 Å². The van der Waals surface area contributed by atoms with Gasteiger partial charge in [0.15, 0.2) is 0 Å². The van der Waals surface area contributed by atoms with Gasteiger partial charge in [-0.1, -0.05) is 0 Å². The quantitative estimate of drug-likeness (QED) is 0.708. The third kappa shape index (κ3) is 5.69. The summed E-state index contributed by atoms with van der Waals surface area (Å²) in [4.78, 5) is 4.34. The zero-order chi connectivity index (χ0) is 16.7. The van der Waals surface area contributed by atoms with E-state index in [0.717, 1.165) is 25.3 Å². The summed E-state index contributed by atoms with van der Waals surface area (Å²) in [6, 6.07) is 8.68. The SMILES string of the molecule is COc1ccc(F)c(CN(CCCN(C)C)Cc2ccco2)c1. The van der Waals surface area contributed by atoms with Crippen molar-refractivity contribution in [1.29, 1.82) is 0 Å². The summed E-state index contributed by atoms with van der Waals surface area (Å²) < 4.78 is 24.7. The molecule has 0 aliphatic carbocycles. The maximum absolute atomic E-state index is 14.1. The number of ether oxygens (including phenoxy) is 1. The minimum absolute atomic E-state index is 0.206. The molecule has 2 rings (SSSR count). The van der Waals surface area contributed by atoms with E-state index in [-0.39, 0.29) is 5.82 Å². The van der Waals surface area contributed by atoms with Crippen LogP contribution in [0.2, 0.25) is 0 Å². The molecule has 1 aromatic carbocycles. The van der Waals surface area contributed by atoms with Crippen molar-refractivity contribution in [3.05, 3.63) is 53.7 Å². The Morgan fingerprint density at radius 2 is 1.96 bits per heavy atom. The number of halogens is 1. The number of benzene rings is 1. The molecule has 0 saturated carbocycles. The van der Waals surface area contributed by atoms with Crippen molar-refractivity contribution in [3.8, 4) is 5.75 Å².